The van der Waals surface area contributed by atoms with E-state index in [2.05, 4.69) is 53.7 Å². The maximum atomic E-state index is 3.72. The maximum Gasteiger partial charge on any atom is 4.00 e. The van der Waals surface area contributed by atoms with E-state index in [1.165, 1.54) is 57.8 Å². The van der Waals surface area contributed by atoms with Crippen LogP contribution in [0.2, 0.25) is 0 Å². The molecule has 1 aliphatic rings. The first-order valence-electron chi connectivity index (χ1n) is 9.84. The van der Waals surface area contributed by atoms with Crippen molar-refractivity contribution < 1.29 is 21.1 Å². The Bertz CT molecular complexity index is 165. The van der Waals surface area contributed by atoms with E-state index in [0.717, 1.165) is 25.7 Å². The van der Waals surface area contributed by atoms with Gasteiger partial charge in [0.05, 0.1) is 0 Å². The molecule has 0 radical (unpaired) electrons. The van der Waals surface area contributed by atoms with Crippen molar-refractivity contribution in [3.8, 4) is 0 Å². The molecule has 1 heteroatoms. The topological polar surface area (TPSA) is 0 Å². The summed E-state index contributed by atoms with van der Waals surface area (Å²) in [5.74, 6) is 0. The van der Waals surface area contributed by atoms with Crippen molar-refractivity contribution >= 4 is 0 Å². The number of hydrogen-bond donors (Lipinski definition) is 0. The van der Waals surface area contributed by atoms with Crippen LogP contribution in [-0.2, 0) is 21.1 Å². The first-order chi connectivity index (χ1) is 11.2. The maximum absolute atomic E-state index is 3.72. The summed E-state index contributed by atoms with van der Waals surface area (Å²) in [5.41, 5.74) is 0. The number of allylic oxidation sites excluding steroid dienone is 4. The zero-order valence-corrected chi connectivity index (χ0v) is 19.1. The van der Waals surface area contributed by atoms with Crippen LogP contribution in [0, 0.1) is 26.8 Å². The van der Waals surface area contributed by atoms with Crippen LogP contribution in [0.5, 0.6) is 0 Å². The standard InChI is InChI=1S/3C6H13.C5H5.Pt/c3*1-3-5-6-4-2;1-2-4-5-3-1;/h3*1,3-6H2,2H3;1-3H,4H2;/q4*-1;+4. The number of rotatable bonds is 9. The quantitative estimate of drug-likeness (QED) is 0.213. The van der Waals surface area contributed by atoms with E-state index in [0.29, 0.717) is 0 Å². The van der Waals surface area contributed by atoms with Gasteiger partial charge in [0, 0.05) is 0 Å². The van der Waals surface area contributed by atoms with Crippen molar-refractivity contribution in [3.63, 3.8) is 0 Å². The van der Waals surface area contributed by atoms with Crippen molar-refractivity contribution in [2.24, 2.45) is 0 Å². The Kier molecular flexibility index (Phi) is 51.3. The molecule has 0 unspecified atom stereocenters. The molecule has 1 rings (SSSR count). The largest absolute Gasteiger partial charge is 4.00 e. The van der Waals surface area contributed by atoms with E-state index < -0.39 is 0 Å². The molecule has 0 atom stereocenters. The predicted molar refractivity (Wildman–Crippen MR) is 110 cm³/mol. The van der Waals surface area contributed by atoms with Gasteiger partial charge in [-0.25, -0.2) is 12.2 Å². The summed E-state index contributed by atoms with van der Waals surface area (Å²) in [5, 5.41) is 0. The molecule has 0 aromatic carbocycles. The van der Waals surface area contributed by atoms with Gasteiger partial charge < -0.3 is 20.8 Å². The van der Waals surface area contributed by atoms with Crippen LogP contribution >= 0.6 is 0 Å². The Morgan fingerprint density at radius 1 is 0.708 bits per heavy atom. The Morgan fingerprint density at radius 3 is 1.17 bits per heavy atom. The molecule has 0 nitrogen and oxygen atoms in total. The third kappa shape index (κ3) is 49.5. The van der Waals surface area contributed by atoms with Crippen LogP contribution in [0.3, 0.4) is 0 Å². The van der Waals surface area contributed by atoms with Gasteiger partial charge in [-0.3, -0.25) is 6.08 Å². The minimum absolute atomic E-state index is 0. The van der Waals surface area contributed by atoms with Gasteiger partial charge in [-0.2, -0.15) is 25.3 Å². The molecule has 0 saturated carbocycles. The summed E-state index contributed by atoms with van der Waals surface area (Å²) in [7, 11) is 0. The van der Waals surface area contributed by atoms with E-state index in [-0.39, 0.29) is 21.1 Å². The second kappa shape index (κ2) is 38.6. The van der Waals surface area contributed by atoms with Crippen LogP contribution in [0.25, 0.3) is 0 Å². The fourth-order valence-corrected chi connectivity index (χ4v) is 1.62. The van der Waals surface area contributed by atoms with Gasteiger partial charge >= 0.3 is 21.1 Å². The second-order valence-electron chi connectivity index (χ2n) is 5.69. The van der Waals surface area contributed by atoms with Gasteiger partial charge in [0.15, 0.2) is 0 Å². The van der Waals surface area contributed by atoms with E-state index in [4.69, 9.17) is 0 Å². The van der Waals surface area contributed by atoms with Crippen LogP contribution < -0.4 is 0 Å². The van der Waals surface area contributed by atoms with Crippen molar-refractivity contribution in [2.45, 2.75) is 104 Å². The third-order valence-electron chi connectivity index (χ3n) is 3.15. The first kappa shape index (κ1) is 31.9. The van der Waals surface area contributed by atoms with Gasteiger partial charge in [-0.15, -0.1) is 6.42 Å². The molecule has 0 aliphatic heterocycles. The third-order valence-corrected chi connectivity index (χ3v) is 3.15. The van der Waals surface area contributed by atoms with Gasteiger partial charge in [0.2, 0.25) is 0 Å². The van der Waals surface area contributed by atoms with E-state index in [1.54, 1.807) is 0 Å². The van der Waals surface area contributed by atoms with Gasteiger partial charge in [-0.1, -0.05) is 78.6 Å². The van der Waals surface area contributed by atoms with Crippen LogP contribution in [-0.4, -0.2) is 0 Å². The molecule has 0 N–H and O–H groups in total. The normalized spacial score (nSPS) is 10.4. The summed E-state index contributed by atoms with van der Waals surface area (Å²) < 4.78 is 0. The minimum atomic E-state index is 0. The molecule has 24 heavy (non-hydrogen) atoms. The molecule has 0 aromatic heterocycles. The molecule has 0 saturated heterocycles. The zero-order valence-electron chi connectivity index (χ0n) is 16.9. The summed E-state index contributed by atoms with van der Waals surface area (Å²) in [6.45, 7) is 17.8. The molecule has 0 heterocycles. The summed E-state index contributed by atoms with van der Waals surface area (Å²) in [6.07, 6.45) is 25.2. The summed E-state index contributed by atoms with van der Waals surface area (Å²) >= 11 is 0. The minimum Gasteiger partial charge on any atom is -0.343 e. The Morgan fingerprint density at radius 2 is 1.08 bits per heavy atom. The monoisotopic (exact) mass is 515 g/mol. The molecule has 0 amide bonds. The fraction of sp³-hybridized carbons (Fsp3) is 0.696. The number of unbranched alkanes of at least 4 members (excludes halogenated alkanes) is 9. The molecule has 1 aliphatic carbocycles. The molecule has 0 bridgehead atoms. The average molecular weight is 516 g/mol. The SMILES string of the molecule is [C-]1=CC=CC1.[CH2-]CCCCC.[CH2-]CCCCC.[CH2-]CCCCC.[Pt+4]. The predicted octanol–water partition coefficient (Wildman–Crippen LogP) is 8.51. The van der Waals surface area contributed by atoms with Crippen LogP contribution in [0.1, 0.15) is 104 Å². The molecular weight excluding hydrogens is 471 g/mol. The fourth-order valence-electron chi connectivity index (χ4n) is 1.62. The van der Waals surface area contributed by atoms with Gasteiger partial charge in [0.25, 0.3) is 0 Å². The zero-order chi connectivity index (χ0) is 18.0. The van der Waals surface area contributed by atoms with E-state index in [1.807, 2.05) is 12.2 Å². The van der Waals surface area contributed by atoms with Crippen molar-refractivity contribution in [2.75, 3.05) is 0 Å². The molecule has 0 aromatic rings. The smallest absolute Gasteiger partial charge is 0.343 e. The second-order valence-corrected chi connectivity index (χ2v) is 5.69. The van der Waals surface area contributed by atoms with Crippen molar-refractivity contribution in [1.82, 2.24) is 0 Å². The summed E-state index contributed by atoms with van der Waals surface area (Å²) in [6, 6.07) is 0. The van der Waals surface area contributed by atoms with Crippen molar-refractivity contribution in [3.05, 3.63) is 45.1 Å². The number of hydrogen-bond acceptors (Lipinski definition) is 0. The van der Waals surface area contributed by atoms with E-state index in [9.17, 15) is 0 Å². The van der Waals surface area contributed by atoms with E-state index >= 15 is 0 Å². The molecule has 0 spiro atoms. The van der Waals surface area contributed by atoms with Gasteiger partial charge in [0.1, 0.15) is 0 Å². The Labute approximate surface area is 170 Å². The summed E-state index contributed by atoms with van der Waals surface area (Å²) in [4.78, 5) is 0. The van der Waals surface area contributed by atoms with Crippen molar-refractivity contribution in [1.29, 1.82) is 0 Å². The Balaban J connectivity index is -0.000000110. The molecular formula is C23H44Pt. The molecule has 146 valence electrons. The van der Waals surface area contributed by atoms with Crippen LogP contribution in [0.15, 0.2) is 18.2 Å². The molecule has 0 fully saturated rings. The first-order valence-corrected chi connectivity index (χ1v) is 9.84. The Hall–Kier alpha value is 0.168. The van der Waals surface area contributed by atoms with Crippen LogP contribution in [0.4, 0.5) is 0 Å². The average Bonchev–Trinajstić information content (AvgIpc) is 3.17. The van der Waals surface area contributed by atoms with Gasteiger partial charge in [-0.05, 0) is 0 Å².